The third-order valence-electron chi connectivity index (χ3n) is 2.15. The number of nitrogens with zero attached hydrogens (tertiary/aromatic N) is 1. The lowest BCUT2D eigenvalue weighted by molar-refractivity contribution is 0.101. The number of hydrogen-bond donors (Lipinski definition) is 3. The maximum atomic E-state index is 11.6. The highest BCUT2D eigenvalue weighted by Gasteiger charge is 2.10. The average Bonchev–Trinajstić information content (AvgIpc) is 2.70. The Morgan fingerprint density at radius 3 is 2.82 bits per heavy atom. The summed E-state index contributed by atoms with van der Waals surface area (Å²) in [6.45, 7) is 1.95. The minimum atomic E-state index is -0.514. The third kappa shape index (κ3) is 2.62. The first kappa shape index (κ1) is 11.6. The number of H-pyrrole nitrogens is 2. The van der Waals surface area contributed by atoms with Gasteiger partial charge in [-0.3, -0.25) is 9.78 Å². The summed E-state index contributed by atoms with van der Waals surface area (Å²) >= 11 is 3.37. The van der Waals surface area contributed by atoms with Crippen molar-refractivity contribution in [2.24, 2.45) is 0 Å². The maximum absolute atomic E-state index is 11.6. The van der Waals surface area contributed by atoms with Gasteiger partial charge in [0.1, 0.15) is 0 Å². The van der Waals surface area contributed by atoms with Gasteiger partial charge in [0.05, 0.1) is 0 Å². The van der Waals surface area contributed by atoms with E-state index in [1.807, 2.05) is 13.0 Å². The van der Waals surface area contributed by atoms with Crippen molar-refractivity contribution in [3.05, 3.63) is 44.5 Å². The van der Waals surface area contributed by atoms with Gasteiger partial charge < -0.3 is 5.32 Å². The van der Waals surface area contributed by atoms with E-state index in [0.29, 0.717) is 5.69 Å². The molecule has 0 radical (unpaired) electrons. The van der Waals surface area contributed by atoms with E-state index in [2.05, 4.69) is 36.4 Å². The predicted octanol–water partition coefficient (Wildman–Crippen LogP) is 1.42. The molecule has 0 saturated heterocycles. The molecule has 2 aromatic rings. The van der Waals surface area contributed by atoms with E-state index in [-0.39, 0.29) is 5.82 Å². The lowest BCUT2D eigenvalue weighted by atomic mass is 10.2. The second kappa shape index (κ2) is 4.54. The van der Waals surface area contributed by atoms with Gasteiger partial charge in [0.25, 0.3) is 5.91 Å². The van der Waals surface area contributed by atoms with Crippen LogP contribution in [-0.2, 0) is 0 Å². The van der Waals surface area contributed by atoms with Crippen LogP contribution in [0, 0.1) is 6.92 Å². The third-order valence-corrected chi connectivity index (χ3v) is 3.00. The molecule has 1 amide bonds. The summed E-state index contributed by atoms with van der Waals surface area (Å²) in [4.78, 5) is 24.7. The lowest BCUT2D eigenvalue weighted by Gasteiger charge is -2.04. The van der Waals surface area contributed by atoms with Gasteiger partial charge in [-0.1, -0.05) is 22.0 Å². The first-order valence-corrected chi connectivity index (χ1v) is 5.58. The van der Waals surface area contributed by atoms with Crippen LogP contribution in [0.25, 0.3) is 0 Å². The monoisotopic (exact) mass is 296 g/mol. The van der Waals surface area contributed by atoms with E-state index in [9.17, 15) is 9.59 Å². The molecule has 0 unspecified atom stereocenters. The zero-order valence-corrected chi connectivity index (χ0v) is 10.5. The fraction of sp³-hybridized carbons (Fsp3) is 0.100. The standard InChI is InChI=1S/C10H9BrN4O2/c1-5-2-3-6(4-7(5)11)12-9(16)8-13-10(17)15-14-8/h2-4H,1H3,(H,12,16)(H2,13,14,15,17). The maximum Gasteiger partial charge on any atom is 0.341 e. The van der Waals surface area contributed by atoms with Crippen LogP contribution in [0.5, 0.6) is 0 Å². The minimum absolute atomic E-state index is 0.0494. The van der Waals surface area contributed by atoms with Gasteiger partial charge in [0.15, 0.2) is 0 Å². The number of carbonyl (C=O) groups excluding carboxylic acids is 1. The first-order chi connectivity index (χ1) is 8.06. The van der Waals surface area contributed by atoms with Gasteiger partial charge in [-0.25, -0.2) is 9.89 Å². The van der Waals surface area contributed by atoms with Gasteiger partial charge in [0.2, 0.25) is 5.82 Å². The first-order valence-electron chi connectivity index (χ1n) is 4.78. The number of carbonyl (C=O) groups is 1. The number of aromatic amines is 2. The van der Waals surface area contributed by atoms with E-state index >= 15 is 0 Å². The van der Waals surface area contributed by atoms with Crippen LogP contribution >= 0.6 is 15.9 Å². The summed E-state index contributed by atoms with van der Waals surface area (Å²) in [5.74, 6) is -0.522. The molecule has 88 valence electrons. The Bertz CT molecular complexity index is 617. The van der Waals surface area contributed by atoms with Crippen LogP contribution in [0.4, 0.5) is 5.69 Å². The van der Waals surface area contributed by atoms with Gasteiger partial charge in [-0.15, -0.1) is 5.10 Å². The van der Waals surface area contributed by atoms with E-state index in [1.165, 1.54) is 0 Å². The van der Waals surface area contributed by atoms with Crippen molar-refractivity contribution in [3.63, 3.8) is 0 Å². The van der Waals surface area contributed by atoms with Crippen molar-refractivity contribution in [2.45, 2.75) is 6.92 Å². The highest BCUT2D eigenvalue weighted by Crippen LogP contribution is 2.20. The van der Waals surface area contributed by atoms with Crippen LogP contribution < -0.4 is 11.0 Å². The number of aryl methyl sites for hydroxylation is 1. The van der Waals surface area contributed by atoms with Gasteiger partial charge in [-0.2, -0.15) is 0 Å². The Morgan fingerprint density at radius 1 is 1.47 bits per heavy atom. The number of anilines is 1. The molecule has 0 aliphatic heterocycles. The molecule has 0 bridgehead atoms. The summed E-state index contributed by atoms with van der Waals surface area (Å²) in [5, 5.41) is 8.28. The Kier molecular flexibility index (Phi) is 3.10. The fourth-order valence-corrected chi connectivity index (χ4v) is 1.62. The molecule has 0 fully saturated rings. The van der Waals surface area contributed by atoms with Crippen molar-refractivity contribution in [1.82, 2.24) is 15.2 Å². The Hall–Kier alpha value is -1.89. The average molecular weight is 297 g/mol. The smallest absolute Gasteiger partial charge is 0.319 e. The zero-order valence-electron chi connectivity index (χ0n) is 8.87. The number of rotatable bonds is 2. The Balaban J connectivity index is 2.18. The summed E-state index contributed by atoms with van der Waals surface area (Å²) in [7, 11) is 0. The van der Waals surface area contributed by atoms with Crippen LogP contribution in [0.15, 0.2) is 27.5 Å². The van der Waals surface area contributed by atoms with Crippen molar-refractivity contribution < 1.29 is 4.79 Å². The summed E-state index contributed by atoms with van der Waals surface area (Å²) in [6.07, 6.45) is 0. The Labute approximate surface area is 105 Å². The molecule has 0 spiro atoms. The Morgan fingerprint density at radius 2 is 2.24 bits per heavy atom. The molecule has 1 aromatic heterocycles. The summed E-state index contributed by atoms with van der Waals surface area (Å²) in [5.41, 5.74) is 1.17. The van der Waals surface area contributed by atoms with Crippen molar-refractivity contribution in [3.8, 4) is 0 Å². The SMILES string of the molecule is Cc1ccc(NC(=O)c2n[nH]c(=O)[nH]2)cc1Br. The van der Waals surface area contributed by atoms with Crippen LogP contribution in [-0.4, -0.2) is 21.1 Å². The van der Waals surface area contributed by atoms with E-state index in [1.54, 1.807) is 12.1 Å². The molecule has 6 nitrogen and oxygen atoms in total. The predicted molar refractivity (Wildman–Crippen MR) is 66.0 cm³/mol. The highest BCUT2D eigenvalue weighted by molar-refractivity contribution is 9.10. The molecular weight excluding hydrogens is 288 g/mol. The number of aromatic nitrogens is 3. The second-order valence-corrected chi connectivity index (χ2v) is 4.30. The van der Waals surface area contributed by atoms with Gasteiger partial charge >= 0.3 is 5.69 Å². The van der Waals surface area contributed by atoms with Crippen LogP contribution in [0.2, 0.25) is 0 Å². The lowest BCUT2D eigenvalue weighted by Crippen LogP contribution is -2.14. The topological polar surface area (TPSA) is 90.6 Å². The quantitative estimate of drug-likeness (QED) is 0.783. The van der Waals surface area contributed by atoms with Crippen molar-refractivity contribution in [1.29, 1.82) is 0 Å². The molecule has 17 heavy (non-hydrogen) atoms. The molecule has 3 N–H and O–H groups in total. The van der Waals surface area contributed by atoms with Gasteiger partial charge in [-0.05, 0) is 24.6 Å². The molecule has 0 saturated carbocycles. The summed E-state index contributed by atoms with van der Waals surface area (Å²) in [6, 6.07) is 5.41. The molecular formula is C10H9BrN4O2. The molecule has 7 heteroatoms. The number of amides is 1. The summed E-state index contributed by atoms with van der Waals surface area (Å²) < 4.78 is 0.894. The molecule has 0 aliphatic carbocycles. The second-order valence-electron chi connectivity index (χ2n) is 3.44. The highest BCUT2D eigenvalue weighted by atomic mass is 79.9. The van der Waals surface area contributed by atoms with E-state index in [0.717, 1.165) is 10.0 Å². The van der Waals surface area contributed by atoms with Crippen LogP contribution in [0.3, 0.4) is 0 Å². The molecule has 2 rings (SSSR count). The normalized spacial score (nSPS) is 10.2. The largest absolute Gasteiger partial charge is 0.341 e. The van der Waals surface area contributed by atoms with Crippen molar-refractivity contribution in [2.75, 3.05) is 5.32 Å². The number of hydrogen-bond acceptors (Lipinski definition) is 3. The molecule has 1 heterocycles. The molecule has 0 atom stereocenters. The molecule has 1 aromatic carbocycles. The zero-order chi connectivity index (χ0) is 12.4. The molecule has 0 aliphatic rings. The number of nitrogens with one attached hydrogen (secondary N) is 3. The van der Waals surface area contributed by atoms with Crippen LogP contribution in [0.1, 0.15) is 16.2 Å². The van der Waals surface area contributed by atoms with Crippen molar-refractivity contribution >= 4 is 27.5 Å². The minimum Gasteiger partial charge on any atom is -0.319 e. The van der Waals surface area contributed by atoms with E-state index in [4.69, 9.17) is 0 Å². The van der Waals surface area contributed by atoms with E-state index < -0.39 is 11.6 Å². The van der Waals surface area contributed by atoms with Gasteiger partial charge in [0, 0.05) is 10.2 Å². The number of benzene rings is 1. The number of halogens is 1. The fourth-order valence-electron chi connectivity index (χ4n) is 1.24.